The predicted molar refractivity (Wildman–Crippen MR) is 93.9 cm³/mol. The van der Waals surface area contributed by atoms with Crippen molar-refractivity contribution in [2.75, 3.05) is 12.4 Å². The molecule has 0 radical (unpaired) electrons. The highest BCUT2D eigenvalue weighted by atomic mass is 16.5. The number of amides is 2. The number of benzene rings is 1. The van der Waals surface area contributed by atoms with Gasteiger partial charge in [-0.3, -0.25) is 0 Å². The molecule has 1 heterocycles. The highest BCUT2D eigenvalue weighted by Crippen LogP contribution is 2.23. The number of ether oxygens (including phenoxy) is 1. The Balaban J connectivity index is 1.70. The van der Waals surface area contributed by atoms with Gasteiger partial charge in [-0.15, -0.1) is 5.10 Å². The van der Waals surface area contributed by atoms with E-state index in [1.54, 1.807) is 25.3 Å². The molecule has 8 nitrogen and oxygen atoms in total. The van der Waals surface area contributed by atoms with Gasteiger partial charge in [0.1, 0.15) is 12.1 Å². The summed E-state index contributed by atoms with van der Waals surface area (Å²) in [6, 6.07) is 5.08. The molecule has 1 aliphatic carbocycles. The molecule has 3 rings (SSSR count). The molecule has 1 aliphatic rings. The monoisotopic (exact) mass is 342 g/mol. The summed E-state index contributed by atoms with van der Waals surface area (Å²) in [5, 5.41) is 16.9. The first kappa shape index (κ1) is 16.9. The van der Waals surface area contributed by atoms with E-state index in [2.05, 4.69) is 32.2 Å². The van der Waals surface area contributed by atoms with Crippen LogP contribution >= 0.6 is 0 Å². The first-order valence-electron chi connectivity index (χ1n) is 8.34. The lowest BCUT2D eigenvalue weighted by Crippen LogP contribution is -2.37. The Bertz CT molecular complexity index is 757. The number of rotatable bonds is 5. The SMILES string of the molecule is COc1cc(NC(=O)N[C@H](C)C2=CCCCC2)cc(-n2cnnn2)c1. The number of nitrogens with zero attached hydrogens (tertiary/aromatic N) is 4. The third kappa shape index (κ3) is 4.34. The molecule has 0 unspecified atom stereocenters. The zero-order valence-electron chi connectivity index (χ0n) is 14.4. The van der Waals surface area contributed by atoms with Crippen LogP contribution in [-0.2, 0) is 0 Å². The Hall–Kier alpha value is -2.90. The van der Waals surface area contributed by atoms with Crippen LogP contribution < -0.4 is 15.4 Å². The number of aromatic nitrogens is 4. The van der Waals surface area contributed by atoms with Gasteiger partial charge in [-0.05, 0) is 49.1 Å². The van der Waals surface area contributed by atoms with E-state index in [9.17, 15) is 4.79 Å². The maximum atomic E-state index is 12.3. The summed E-state index contributed by atoms with van der Waals surface area (Å²) in [5.74, 6) is 0.603. The molecule has 25 heavy (non-hydrogen) atoms. The van der Waals surface area contributed by atoms with Crippen molar-refractivity contribution in [3.8, 4) is 11.4 Å². The Morgan fingerprint density at radius 1 is 1.32 bits per heavy atom. The minimum Gasteiger partial charge on any atom is -0.497 e. The molecule has 0 bridgehead atoms. The number of nitrogens with one attached hydrogen (secondary N) is 2. The van der Waals surface area contributed by atoms with Gasteiger partial charge in [-0.25, -0.2) is 9.48 Å². The maximum absolute atomic E-state index is 12.3. The molecule has 0 spiro atoms. The average molecular weight is 342 g/mol. The van der Waals surface area contributed by atoms with Crippen LogP contribution in [0.2, 0.25) is 0 Å². The van der Waals surface area contributed by atoms with Crippen molar-refractivity contribution < 1.29 is 9.53 Å². The van der Waals surface area contributed by atoms with E-state index in [0.717, 1.165) is 12.8 Å². The van der Waals surface area contributed by atoms with Crippen LogP contribution in [0.3, 0.4) is 0 Å². The van der Waals surface area contributed by atoms with Crippen LogP contribution in [0.25, 0.3) is 5.69 Å². The van der Waals surface area contributed by atoms with Gasteiger partial charge in [0.15, 0.2) is 0 Å². The van der Waals surface area contributed by atoms with Crippen molar-refractivity contribution in [1.29, 1.82) is 0 Å². The van der Waals surface area contributed by atoms with Crippen LogP contribution in [-0.4, -0.2) is 39.4 Å². The molecule has 2 amide bonds. The summed E-state index contributed by atoms with van der Waals surface area (Å²) in [6.45, 7) is 2.01. The molecule has 0 saturated carbocycles. The molecule has 0 fully saturated rings. The van der Waals surface area contributed by atoms with Gasteiger partial charge in [0.2, 0.25) is 0 Å². The Morgan fingerprint density at radius 2 is 2.20 bits per heavy atom. The summed E-state index contributed by atoms with van der Waals surface area (Å²) >= 11 is 0. The Kier molecular flexibility index (Phi) is 5.27. The van der Waals surface area contributed by atoms with Crippen LogP contribution in [0.15, 0.2) is 36.2 Å². The lowest BCUT2D eigenvalue weighted by Gasteiger charge is -2.21. The summed E-state index contributed by atoms with van der Waals surface area (Å²) in [7, 11) is 1.57. The van der Waals surface area contributed by atoms with E-state index in [0.29, 0.717) is 17.1 Å². The van der Waals surface area contributed by atoms with Crippen molar-refractivity contribution in [2.45, 2.75) is 38.6 Å². The molecular formula is C17H22N6O2. The van der Waals surface area contributed by atoms with E-state index >= 15 is 0 Å². The highest BCUT2D eigenvalue weighted by molar-refractivity contribution is 5.90. The second-order valence-corrected chi connectivity index (χ2v) is 6.02. The molecule has 1 aromatic heterocycles. The smallest absolute Gasteiger partial charge is 0.319 e. The lowest BCUT2D eigenvalue weighted by molar-refractivity contribution is 0.250. The van der Waals surface area contributed by atoms with Gasteiger partial charge in [0.05, 0.1) is 12.8 Å². The summed E-state index contributed by atoms with van der Waals surface area (Å²) < 4.78 is 6.79. The van der Waals surface area contributed by atoms with E-state index in [1.807, 2.05) is 6.92 Å². The molecule has 2 N–H and O–H groups in total. The molecule has 132 valence electrons. The number of hydrogen-bond donors (Lipinski definition) is 2. The van der Waals surface area contributed by atoms with Crippen molar-refractivity contribution in [1.82, 2.24) is 25.5 Å². The summed E-state index contributed by atoms with van der Waals surface area (Å²) in [5.41, 5.74) is 2.59. The van der Waals surface area contributed by atoms with Crippen LogP contribution in [0.4, 0.5) is 10.5 Å². The molecule has 0 saturated heterocycles. The van der Waals surface area contributed by atoms with E-state index in [1.165, 1.54) is 29.4 Å². The number of carbonyl (C=O) groups excluding carboxylic acids is 1. The first-order valence-corrected chi connectivity index (χ1v) is 8.34. The second kappa shape index (κ2) is 7.78. The normalized spacial score (nSPS) is 15.2. The largest absolute Gasteiger partial charge is 0.497 e. The fraction of sp³-hybridized carbons (Fsp3) is 0.412. The summed E-state index contributed by atoms with van der Waals surface area (Å²) in [4.78, 5) is 12.3. The van der Waals surface area contributed by atoms with Crippen molar-refractivity contribution in [3.63, 3.8) is 0 Å². The van der Waals surface area contributed by atoms with Gasteiger partial charge in [0, 0.05) is 23.9 Å². The number of hydrogen-bond acceptors (Lipinski definition) is 5. The van der Waals surface area contributed by atoms with Crippen LogP contribution in [0.5, 0.6) is 5.75 Å². The second-order valence-electron chi connectivity index (χ2n) is 6.02. The van der Waals surface area contributed by atoms with E-state index < -0.39 is 0 Å². The Labute approximate surface area is 146 Å². The van der Waals surface area contributed by atoms with E-state index in [4.69, 9.17) is 4.74 Å². The quantitative estimate of drug-likeness (QED) is 0.815. The van der Waals surface area contributed by atoms with Gasteiger partial charge in [0.25, 0.3) is 0 Å². The first-order chi connectivity index (χ1) is 12.2. The topological polar surface area (TPSA) is 94.0 Å². The maximum Gasteiger partial charge on any atom is 0.319 e. The van der Waals surface area contributed by atoms with E-state index in [-0.39, 0.29) is 12.1 Å². The molecule has 8 heteroatoms. The highest BCUT2D eigenvalue weighted by Gasteiger charge is 2.14. The third-order valence-electron chi connectivity index (χ3n) is 4.23. The molecular weight excluding hydrogens is 320 g/mol. The third-order valence-corrected chi connectivity index (χ3v) is 4.23. The molecule has 2 aromatic rings. The standard InChI is InChI=1S/C17H22N6O2/c1-12(13-6-4-3-5-7-13)19-17(24)20-14-8-15(10-16(9-14)25-2)23-11-18-21-22-23/h6,8-12H,3-5,7H2,1-2H3,(H2,19,20,24)/t12-/m1/s1. The summed E-state index contributed by atoms with van der Waals surface area (Å²) in [6.07, 6.45) is 8.26. The number of methoxy groups -OCH3 is 1. The van der Waals surface area contributed by atoms with Gasteiger partial charge in [-0.1, -0.05) is 11.6 Å². The average Bonchev–Trinajstić information content (AvgIpc) is 3.16. The van der Waals surface area contributed by atoms with Gasteiger partial charge >= 0.3 is 6.03 Å². The minimum atomic E-state index is -0.255. The number of tetrazole rings is 1. The van der Waals surface area contributed by atoms with Crippen LogP contribution in [0.1, 0.15) is 32.6 Å². The molecule has 1 aromatic carbocycles. The zero-order valence-corrected chi connectivity index (χ0v) is 14.4. The predicted octanol–water partition coefficient (Wildman–Crippen LogP) is 2.68. The molecule has 0 aliphatic heterocycles. The zero-order chi connectivity index (χ0) is 17.6. The number of anilines is 1. The van der Waals surface area contributed by atoms with Crippen molar-refractivity contribution in [2.24, 2.45) is 0 Å². The van der Waals surface area contributed by atoms with Crippen molar-refractivity contribution >= 4 is 11.7 Å². The fourth-order valence-electron chi connectivity index (χ4n) is 2.90. The number of urea groups is 1. The van der Waals surface area contributed by atoms with Crippen molar-refractivity contribution in [3.05, 3.63) is 36.2 Å². The number of carbonyl (C=O) groups is 1. The number of allylic oxidation sites excluding steroid dienone is 1. The molecule has 1 atom stereocenters. The van der Waals surface area contributed by atoms with Crippen LogP contribution in [0, 0.1) is 0 Å². The minimum absolute atomic E-state index is 0.0184. The fourth-order valence-corrected chi connectivity index (χ4v) is 2.90. The van der Waals surface area contributed by atoms with Gasteiger partial charge < -0.3 is 15.4 Å². The lowest BCUT2D eigenvalue weighted by atomic mass is 9.95. The van der Waals surface area contributed by atoms with Gasteiger partial charge in [-0.2, -0.15) is 0 Å². The Morgan fingerprint density at radius 3 is 2.88 bits per heavy atom.